The Morgan fingerprint density at radius 2 is 2.38 bits per heavy atom. The van der Waals surface area contributed by atoms with Gasteiger partial charge in [0, 0.05) is 11.7 Å². The van der Waals surface area contributed by atoms with Crippen LogP contribution in [0.5, 0.6) is 0 Å². The molecule has 1 heterocycles. The third kappa shape index (κ3) is 2.32. The zero-order valence-corrected chi connectivity index (χ0v) is 10.1. The van der Waals surface area contributed by atoms with Crippen LogP contribution in [-0.2, 0) is 4.79 Å². The predicted molar refractivity (Wildman–Crippen MR) is 69.7 cm³/mol. The second-order valence-corrected chi connectivity index (χ2v) is 5.24. The van der Waals surface area contributed by atoms with E-state index in [4.69, 9.17) is 5.73 Å². The van der Waals surface area contributed by atoms with Gasteiger partial charge in [-0.25, -0.2) is 0 Å². The summed E-state index contributed by atoms with van der Waals surface area (Å²) in [7, 11) is 0. The highest BCUT2D eigenvalue weighted by Crippen LogP contribution is 2.27. The van der Waals surface area contributed by atoms with Crippen molar-refractivity contribution in [3.63, 3.8) is 0 Å². The monoisotopic (exact) mass is 236 g/mol. The van der Waals surface area contributed by atoms with E-state index >= 15 is 0 Å². The number of nitrogens with two attached hydrogens (primary N) is 1. The van der Waals surface area contributed by atoms with E-state index in [1.54, 1.807) is 0 Å². The van der Waals surface area contributed by atoms with Gasteiger partial charge in [0.05, 0.1) is 11.4 Å². The molecule has 3 nitrogen and oxygen atoms in total. The second-order valence-electron chi connectivity index (χ2n) is 4.09. The van der Waals surface area contributed by atoms with Crippen molar-refractivity contribution in [1.82, 2.24) is 0 Å². The molecule has 0 bridgehead atoms. The van der Waals surface area contributed by atoms with Crippen molar-refractivity contribution in [2.75, 3.05) is 22.6 Å². The van der Waals surface area contributed by atoms with Crippen LogP contribution in [0.4, 0.5) is 11.4 Å². The molecule has 1 atom stereocenters. The summed E-state index contributed by atoms with van der Waals surface area (Å²) in [6.07, 6.45) is 0.974. The maximum absolute atomic E-state index is 11.9. The van der Waals surface area contributed by atoms with E-state index in [1.165, 1.54) is 0 Å². The fraction of sp³-hybridized carbons (Fsp3) is 0.417. The van der Waals surface area contributed by atoms with E-state index in [0.29, 0.717) is 5.69 Å². The molecule has 1 fully saturated rings. The average Bonchev–Trinajstić information content (AvgIpc) is 2.76. The lowest BCUT2D eigenvalue weighted by atomic mass is 10.1. The van der Waals surface area contributed by atoms with Gasteiger partial charge in [0.2, 0.25) is 5.91 Å². The summed E-state index contributed by atoms with van der Waals surface area (Å²) < 4.78 is 0. The van der Waals surface area contributed by atoms with Crippen LogP contribution in [0, 0.1) is 12.8 Å². The van der Waals surface area contributed by atoms with Gasteiger partial charge < -0.3 is 11.1 Å². The van der Waals surface area contributed by atoms with Crippen LogP contribution in [0.15, 0.2) is 18.2 Å². The Balaban J connectivity index is 2.11. The highest BCUT2D eigenvalue weighted by molar-refractivity contribution is 7.99. The van der Waals surface area contributed by atoms with Crippen LogP contribution in [-0.4, -0.2) is 17.4 Å². The third-order valence-electron chi connectivity index (χ3n) is 2.85. The van der Waals surface area contributed by atoms with Crippen molar-refractivity contribution in [3.05, 3.63) is 23.8 Å². The molecule has 0 aliphatic carbocycles. The van der Waals surface area contributed by atoms with Gasteiger partial charge in [0.15, 0.2) is 0 Å². The number of carbonyl (C=O) groups is 1. The summed E-state index contributed by atoms with van der Waals surface area (Å²) in [6.45, 7) is 1.95. The van der Waals surface area contributed by atoms with Crippen molar-refractivity contribution in [2.24, 2.45) is 5.92 Å². The summed E-state index contributed by atoms with van der Waals surface area (Å²) in [5.74, 6) is 2.26. The molecule has 0 spiro atoms. The quantitative estimate of drug-likeness (QED) is 0.774. The Hall–Kier alpha value is -1.16. The molecule has 2 rings (SSSR count). The molecule has 0 radical (unpaired) electrons. The number of amides is 1. The molecule has 16 heavy (non-hydrogen) atoms. The zero-order chi connectivity index (χ0) is 11.5. The smallest absolute Gasteiger partial charge is 0.228 e. The van der Waals surface area contributed by atoms with Gasteiger partial charge in [-0.05, 0) is 30.7 Å². The first-order chi connectivity index (χ1) is 7.68. The first-order valence-corrected chi connectivity index (χ1v) is 6.57. The number of carbonyl (C=O) groups excluding carboxylic acids is 1. The molecule has 1 aromatic rings. The highest BCUT2D eigenvalue weighted by atomic mass is 32.2. The Morgan fingerprint density at radius 3 is 3.00 bits per heavy atom. The number of hydrogen-bond acceptors (Lipinski definition) is 3. The first-order valence-electron chi connectivity index (χ1n) is 5.42. The van der Waals surface area contributed by atoms with Gasteiger partial charge in [-0.2, -0.15) is 11.8 Å². The summed E-state index contributed by atoms with van der Waals surface area (Å²) in [4.78, 5) is 11.9. The molecule has 1 aliphatic heterocycles. The molecule has 1 aliphatic rings. The number of benzene rings is 1. The molecular weight excluding hydrogens is 220 g/mol. The number of aryl methyl sites for hydroxylation is 1. The predicted octanol–water partition coefficient (Wildman–Crippen LogP) is 2.27. The van der Waals surface area contributed by atoms with Gasteiger partial charge >= 0.3 is 0 Å². The van der Waals surface area contributed by atoms with E-state index in [1.807, 2.05) is 36.9 Å². The maximum atomic E-state index is 11.9. The molecule has 1 aromatic carbocycles. The SMILES string of the molecule is Cc1cccc(N)c1NC(=O)C1CCSC1. The summed E-state index contributed by atoms with van der Waals surface area (Å²) >= 11 is 1.84. The third-order valence-corrected chi connectivity index (χ3v) is 4.02. The number of para-hydroxylation sites is 1. The number of thioether (sulfide) groups is 1. The lowest BCUT2D eigenvalue weighted by Gasteiger charge is -2.13. The van der Waals surface area contributed by atoms with Crippen LogP contribution >= 0.6 is 11.8 Å². The lowest BCUT2D eigenvalue weighted by Crippen LogP contribution is -2.23. The van der Waals surface area contributed by atoms with Gasteiger partial charge in [-0.1, -0.05) is 12.1 Å². The molecule has 1 unspecified atom stereocenters. The Bertz CT molecular complexity index is 380. The van der Waals surface area contributed by atoms with Gasteiger partial charge in [-0.15, -0.1) is 0 Å². The highest BCUT2D eigenvalue weighted by Gasteiger charge is 2.23. The molecule has 0 saturated carbocycles. The summed E-state index contributed by atoms with van der Waals surface area (Å²) in [5, 5.41) is 2.94. The number of nitrogens with one attached hydrogen (secondary N) is 1. The van der Waals surface area contributed by atoms with Crippen LogP contribution in [0.2, 0.25) is 0 Å². The number of nitrogen functional groups attached to an aromatic ring is 1. The van der Waals surface area contributed by atoms with Gasteiger partial charge in [-0.3, -0.25) is 4.79 Å². The standard InChI is InChI=1S/C12H16N2OS/c1-8-3-2-4-10(13)11(8)14-12(15)9-5-6-16-7-9/h2-4,9H,5-7,13H2,1H3,(H,14,15). The van der Waals surface area contributed by atoms with Crippen molar-refractivity contribution in [3.8, 4) is 0 Å². The number of hydrogen-bond donors (Lipinski definition) is 2. The minimum atomic E-state index is 0.103. The zero-order valence-electron chi connectivity index (χ0n) is 9.32. The minimum Gasteiger partial charge on any atom is -0.397 e. The Labute approximate surface area is 99.8 Å². The van der Waals surface area contributed by atoms with Crippen LogP contribution < -0.4 is 11.1 Å². The lowest BCUT2D eigenvalue weighted by molar-refractivity contribution is -0.119. The molecular formula is C12H16N2OS. The van der Waals surface area contributed by atoms with E-state index in [9.17, 15) is 4.79 Å². The minimum absolute atomic E-state index is 0.103. The molecule has 1 amide bonds. The van der Waals surface area contributed by atoms with E-state index < -0.39 is 0 Å². The van der Waals surface area contributed by atoms with Gasteiger partial charge in [0.1, 0.15) is 0 Å². The normalized spacial score (nSPS) is 19.7. The van der Waals surface area contributed by atoms with Crippen molar-refractivity contribution >= 4 is 29.0 Å². The second kappa shape index (κ2) is 4.78. The topological polar surface area (TPSA) is 55.1 Å². The largest absolute Gasteiger partial charge is 0.397 e. The molecule has 0 aromatic heterocycles. The van der Waals surface area contributed by atoms with Crippen LogP contribution in [0.25, 0.3) is 0 Å². The fourth-order valence-corrected chi connectivity index (χ4v) is 3.05. The van der Waals surface area contributed by atoms with Crippen LogP contribution in [0.1, 0.15) is 12.0 Å². The first kappa shape index (κ1) is 11.3. The molecule has 1 saturated heterocycles. The van der Waals surface area contributed by atoms with Crippen molar-refractivity contribution in [1.29, 1.82) is 0 Å². The Kier molecular flexibility index (Phi) is 3.39. The van der Waals surface area contributed by atoms with Gasteiger partial charge in [0.25, 0.3) is 0 Å². The molecule has 86 valence electrons. The number of anilines is 2. The van der Waals surface area contributed by atoms with Crippen LogP contribution in [0.3, 0.4) is 0 Å². The van der Waals surface area contributed by atoms with Crippen molar-refractivity contribution in [2.45, 2.75) is 13.3 Å². The van der Waals surface area contributed by atoms with E-state index in [-0.39, 0.29) is 11.8 Å². The summed E-state index contributed by atoms with van der Waals surface area (Å²) in [6, 6.07) is 5.66. The number of rotatable bonds is 2. The fourth-order valence-electron chi connectivity index (χ4n) is 1.83. The van der Waals surface area contributed by atoms with E-state index in [0.717, 1.165) is 29.2 Å². The average molecular weight is 236 g/mol. The van der Waals surface area contributed by atoms with Crippen molar-refractivity contribution < 1.29 is 4.79 Å². The maximum Gasteiger partial charge on any atom is 0.228 e. The summed E-state index contributed by atoms with van der Waals surface area (Å²) in [5.41, 5.74) is 8.27. The molecule has 3 N–H and O–H groups in total. The van der Waals surface area contributed by atoms with E-state index in [2.05, 4.69) is 5.32 Å². The molecule has 4 heteroatoms. The Morgan fingerprint density at radius 1 is 1.56 bits per heavy atom.